The normalized spacial score (nSPS) is 11.7. The lowest BCUT2D eigenvalue weighted by molar-refractivity contribution is 0.592. The molecule has 10 aromatic heterocycles. The van der Waals surface area contributed by atoms with Crippen LogP contribution in [0.3, 0.4) is 0 Å². The van der Waals surface area contributed by atoms with Crippen LogP contribution in [0.2, 0.25) is 0 Å². The summed E-state index contributed by atoms with van der Waals surface area (Å²) in [5, 5.41) is 21.4. The number of hydrogen-bond donors (Lipinski definition) is 0. The van der Waals surface area contributed by atoms with Crippen molar-refractivity contribution < 1.29 is 17.8 Å². The minimum Gasteiger partial charge on any atom is -0.455 e. The zero-order valence-electron chi connectivity index (χ0n) is 75.9. The summed E-state index contributed by atoms with van der Waals surface area (Å²) in [5.74, 6) is 0. The maximum atomic E-state index is 14.9. The molecule has 0 unspecified atom stereocenters. The van der Waals surface area contributed by atoms with E-state index in [1.807, 2.05) is 158 Å². The Morgan fingerprint density at radius 2 is 0.532 bits per heavy atom. The molecule has 0 aliphatic carbocycles. The fraction of sp³-hybridized carbons (Fsp3) is 0. The van der Waals surface area contributed by atoms with Gasteiger partial charge in [-0.2, -0.15) is 0 Å². The molecule has 18 aromatic carbocycles. The molecule has 0 spiro atoms. The van der Waals surface area contributed by atoms with Gasteiger partial charge in [0, 0.05) is 160 Å². The highest BCUT2D eigenvalue weighted by atomic mass is 31.2. The van der Waals surface area contributed by atoms with E-state index in [1.165, 1.54) is 5.39 Å². The maximum absolute atomic E-state index is 14.9. The number of rotatable bonds is 13. The third-order valence-corrected chi connectivity index (χ3v) is 30.3. The molecule has 12 heteroatoms. The first-order valence-corrected chi connectivity index (χ1v) is 48.9. The quantitative estimate of drug-likeness (QED) is 0.0803. The van der Waals surface area contributed by atoms with Gasteiger partial charge in [0.2, 0.25) is 0 Å². The maximum Gasteiger partial charge on any atom is 0.171 e. The number of furan rings is 3. The van der Waals surface area contributed by atoms with Gasteiger partial charge in [0.1, 0.15) is 33.5 Å². The molecule has 0 N–H and O–H groups in total. The third kappa shape index (κ3) is 14.7. The minimum absolute atomic E-state index is 0.800. The highest BCUT2D eigenvalue weighted by Crippen LogP contribution is 2.50. The van der Waals surface area contributed by atoms with Crippen LogP contribution in [0.1, 0.15) is 0 Å². The summed E-state index contributed by atoms with van der Waals surface area (Å²) in [6.45, 7) is 0. The van der Waals surface area contributed by atoms with Crippen molar-refractivity contribution in [2.24, 2.45) is 0 Å². The van der Waals surface area contributed by atoms with Gasteiger partial charge >= 0.3 is 0 Å². The molecule has 0 saturated carbocycles. The average molecular weight is 1820 g/mol. The number of para-hydroxylation sites is 6. The second-order valence-corrected chi connectivity index (χ2v) is 38.2. The topological polar surface area (TPSA) is 147 Å². The molecule has 141 heavy (non-hydrogen) atoms. The van der Waals surface area contributed by atoms with E-state index in [0.29, 0.717) is 0 Å². The van der Waals surface area contributed by atoms with Crippen molar-refractivity contribution in [2.75, 3.05) is 0 Å². The SMILES string of the molecule is O=P(c1ccccc1)(c1ccccc1)c1ccc(-c2cccc3c2oc2ccc4c(-c5ccccc5)nc5ccccc5c4c23)cc1.c1ccc(-c2cc3ccc(-c4cccc5c4oc4ccc6c(-c7ccccc7)nc7ccccc7c6c45)cc3cn2)cc1.c1ccc(-c2nc3ccccc3c3c2ccc2oc4c(-c5ccc(-c6cc(-c7ccccn7)nc(-c7ccccn7)c6)cc5)cccc4c23)cc1. The van der Waals surface area contributed by atoms with Crippen molar-refractivity contribution in [3.8, 4) is 112 Å². The number of benzene rings is 18. The van der Waals surface area contributed by atoms with Crippen molar-refractivity contribution in [3.05, 3.63) is 486 Å². The van der Waals surface area contributed by atoms with Crippen molar-refractivity contribution >= 4 is 165 Å². The molecule has 0 atom stereocenters. The number of nitrogens with zero attached hydrogens (tertiary/aromatic N) is 7. The number of fused-ring (bicyclic) bond motifs is 22. The van der Waals surface area contributed by atoms with Gasteiger partial charge in [-0.25, -0.2) is 19.9 Å². The Bertz CT molecular complexity index is 9700. The second-order valence-electron chi connectivity index (χ2n) is 35.4. The number of hydrogen-bond acceptors (Lipinski definition) is 11. The zero-order chi connectivity index (χ0) is 93.4. The molecule has 0 amide bonds. The van der Waals surface area contributed by atoms with Gasteiger partial charge < -0.3 is 17.8 Å². The first-order valence-electron chi connectivity index (χ1n) is 47.2. The van der Waals surface area contributed by atoms with Crippen LogP contribution in [-0.2, 0) is 4.57 Å². The molecule has 0 bridgehead atoms. The summed E-state index contributed by atoms with van der Waals surface area (Å²) in [6.07, 6.45) is 5.56. The Hall–Kier alpha value is -18.5. The first-order chi connectivity index (χ1) is 69.8. The summed E-state index contributed by atoms with van der Waals surface area (Å²) >= 11 is 0. The second kappa shape index (κ2) is 35.0. The van der Waals surface area contributed by atoms with E-state index in [9.17, 15) is 4.57 Å². The average Bonchev–Trinajstić information content (AvgIpc) is 1.63. The van der Waals surface area contributed by atoms with Gasteiger partial charge in [0.25, 0.3) is 0 Å². The van der Waals surface area contributed by atoms with Crippen LogP contribution in [0.4, 0.5) is 0 Å². The lowest BCUT2D eigenvalue weighted by atomic mass is 9.95. The lowest BCUT2D eigenvalue weighted by Crippen LogP contribution is -2.24. The smallest absolute Gasteiger partial charge is 0.171 e. The first kappa shape index (κ1) is 83.1. The van der Waals surface area contributed by atoms with E-state index in [-0.39, 0.29) is 0 Å². The Kier molecular flexibility index (Phi) is 20.6. The van der Waals surface area contributed by atoms with Crippen molar-refractivity contribution in [2.45, 2.75) is 0 Å². The molecule has 28 aromatic rings. The summed E-state index contributed by atoms with van der Waals surface area (Å²) in [4.78, 5) is 34.3. The largest absolute Gasteiger partial charge is 0.455 e. The molecular weight excluding hydrogens is 1740 g/mol. The van der Waals surface area contributed by atoms with Gasteiger partial charge in [-0.1, -0.05) is 364 Å². The van der Waals surface area contributed by atoms with E-state index >= 15 is 0 Å². The molecule has 28 rings (SSSR count). The monoisotopic (exact) mass is 1820 g/mol. The van der Waals surface area contributed by atoms with Crippen LogP contribution in [0, 0.1) is 0 Å². The van der Waals surface area contributed by atoms with Crippen molar-refractivity contribution in [1.82, 2.24) is 34.9 Å². The minimum atomic E-state index is -3.07. The molecule has 0 aliphatic heterocycles. The number of pyridine rings is 7. The van der Waals surface area contributed by atoms with Crippen LogP contribution < -0.4 is 15.9 Å². The van der Waals surface area contributed by atoms with E-state index in [2.05, 4.69) is 325 Å². The van der Waals surface area contributed by atoms with E-state index in [1.54, 1.807) is 12.4 Å². The number of aromatic nitrogens is 7. The highest BCUT2D eigenvalue weighted by Gasteiger charge is 2.31. The van der Waals surface area contributed by atoms with E-state index in [0.717, 1.165) is 264 Å². The zero-order valence-corrected chi connectivity index (χ0v) is 76.8. The predicted octanol–water partition coefficient (Wildman–Crippen LogP) is 32.9. The van der Waals surface area contributed by atoms with Gasteiger partial charge in [-0.05, 0) is 136 Å². The lowest BCUT2D eigenvalue weighted by Gasteiger charge is -2.20. The molecular formula is C129H80N7O4P. The van der Waals surface area contributed by atoms with E-state index in [4.69, 9.17) is 38.2 Å². The van der Waals surface area contributed by atoms with Gasteiger partial charge in [-0.15, -0.1) is 0 Å². The summed E-state index contributed by atoms with van der Waals surface area (Å²) in [5.41, 5.74) is 28.0. The molecule has 660 valence electrons. The molecule has 0 fully saturated rings. The van der Waals surface area contributed by atoms with Crippen LogP contribution >= 0.6 is 7.14 Å². The standard InChI is InChI=1S/C46H28N4O.C43H28NO2P.C40H24N2O/c1-2-11-31(12-3-1)45-35-23-24-42-44(43(35)34-13-4-5-16-37(34)50-45)36-15-10-14-33(46(36)51-42)30-21-19-29(20-22-30)32-27-40(38-17-6-8-25-47-38)49-41(28-32)39-18-7-9-26-48-39;45-47(31-15-6-2-7-16-31,32-17-8-3-9-18-32)33-25-23-29(24-26-33)34-20-12-21-37-41-39(46-43(34)37)28-27-36-40(41)35-19-10-11-22-38(35)44-42(36)30-13-4-1-5-14-30;1-3-10-25(11-4-1)35-23-27-18-19-28(22-29(27)24-41-35)30-15-9-16-33-38-36(43-40(30)33)21-20-32-37(38)31-14-7-8-17-34(31)42-39(32)26-12-5-2-6-13-26/h1-28H;1-28H;1-24H. The van der Waals surface area contributed by atoms with Crippen LogP contribution in [-0.4, -0.2) is 34.9 Å². The Morgan fingerprint density at radius 1 is 0.191 bits per heavy atom. The Balaban J connectivity index is 0.000000109. The summed E-state index contributed by atoms with van der Waals surface area (Å²) in [7, 11) is -3.07. The summed E-state index contributed by atoms with van der Waals surface area (Å²) in [6, 6.07) is 160. The molecule has 0 saturated heterocycles. The summed E-state index contributed by atoms with van der Waals surface area (Å²) < 4.78 is 35.1. The van der Waals surface area contributed by atoms with Gasteiger partial charge in [0.15, 0.2) is 7.14 Å². The Labute approximate surface area is 809 Å². The predicted molar refractivity (Wildman–Crippen MR) is 582 cm³/mol. The van der Waals surface area contributed by atoms with Crippen LogP contribution in [0.25, 0.3) is 254 Å². The van der Waals surface area contributed by atoms with Gasteiger partial charge in [0.05, 0.1) is 62.1 Å². The van der Waals surface area contributed by atoms with Crippen LogP contribution in [0.15, 0.2) is 499 Å². The molecule has 0 aliphatic rings. The van der Waals surface area contributed by atoms with E-state index < -0.39 is 7.14 Å². The Morgan fingerprint density at radius 3 is 0.936 bits per heavy atom. The highest BCUT2D eigenvalue weighted by molar-refractivity contribution is 7.85. The molecule has 11 nitrogen and oxygen atoms in total. The van der Waals surface area contributed by atoms with Crippen LogP contribution in [0.5, 0.6) is 0 Å². The van der Waals surface area contributed by atoms with Crippen molar-refractivity contribution in [1.29, 1.82) is 0 Å². The van der Waals surface area contributed by atoms with Gasteiger partial charge in [-0.3, -0.25) is 15.0 Å². The molecule has 10 heterocycles. The van der Waals surface area contributed by atoms with Crippen molar-refractivity contribution in [3.63, 3.8) is 0 Å². The molecule has 0 radical (unpaired) electrons. The fourth-order valence-electron chi connectivity index (χ4n) is 20.6. The third-order valence-electron chi connectivity index (χ3n) is 27.2. The fourth-order valence-corrected chi connectivity index (χ4v) is 23.2.